The van der Waals surface area contributed by atoms with E-state index in [9.17, 15) is 9.50 Å². The quantitative estimate of drug-likeness (QED) is 0.879. The number of aryl methyl sites for hydroxylation is 1. The third kappa shape index (κ3) is 3.48. The Hall–Kier alpha value is -2.07. The smallest absolute Gasteiger partial charge is 0.128 e. The Morgan fingerprint density at radius 3 is 2.75 bits per heavy atom. The van der Waals surface area contributed by atoms with Gasteiger partial charge in [-0.3, -0.25) is 0 Å². The fourth-order valence-electron chi connectivity index (χ4n) is 1.88. The van der Waals surface area contributed by atoms with Crippen LogP contribution in [0.25, 0.3) is 0 Å². The van der Waals surface area contributed by atoms with Crippen LogP contribution in [0.2, 0.25) is 0 Å². The summed E-state index contributed by atoms with van der Waals surface area (Å²) in [5.74, 6) is 0.439. The average molecular weight is 275 g/mol. The van der Waals surface area contributed by atoms with E-state index in [-0.39, 0.29) is 5.82 Å². The molecule has 0 aromatic heterocycles. The molecule has 1 unspecified atom stereocenters. The molecule has 2 aromatic rings. The van der Waals surface area contributed by atoms with Crippen LogP contribution in [0, 0.1) is 12.7 Å². The van der Waals surface area contributed by atoms with E-state index >= 15 is 0 Å². The topological polar surface area (TPSA) is 41.5 Å². The lowest BCUT2D eigenvalue weighted by Crippen LogP contribution is -2.12. The third-order valence-electron chi connectivity index (χ3n) is 3.15. The van der Waals surface area contributed by atoms with Crippen LogP contribution in [0.5, 0.6) is 5.75 Å². The monoisotopic (exact) mass is 275 g/mol. The van der Waals surface area contributed by atoms with Crippen LogP contribution in [-0.2, 0) is 0 Å². The fraction of sp³-hybridized carbons (Fsp3) is 0.250. The van der Waals surface area contributed by atoms with E-state index in [1.54, 1.807) is 32.2 Å². The summed E-state index contributed by atoms with van der Waals surface area (Å²) < 4.78 is 18.5. The first kappa shape index (κ1) is 14.3. The number of halogens is 1. The van der Waals surface area contributed by atoms with Crippen molar-refractivity contribution < 1.29 is 14.2 Å². The second-order valence-electron chi connectivity index (χ2n) is 4.64. The van der Waals surface area contributed by atoms with Crippen LogP contribution in [-0.4, -0.2) is 18.8 Å². The first-order chi connectivity index (χ1) is 9.60. The summed E-state index contributed by atoms with van der Waals surface area (Å²) in [4.78, 5) is 0. The van der Waals surface area contributed by atoms with E-state index in [4.69, 9.17) is 4.74 Å². The molecule has 0 spiro atoms. The van der Waals surface area contributed by atoms with E-state index in [1.807, 2.05) is 18.2 Å². The number of hydrogen-bond donors (Lipinski definition) is 2. The Morgan fingerprint density at radius 1 is 1.25 bits per heavy atom. The van der Waals surface area contributed by atoms with Gasteiger partial charge in [-0.25, -0.2) is 4.39 Å². The van der Waals surface area contributed by atoms with Crippen LogP contribution in [0.15, 0.2) is 42.5 Å². The summed E-state index contributed by atoms with van der Waals surface area (Å²) in [6.07, 6.45) is -0.686. The normalized spacial score (nSPS) is 12.0. The van der Waals surface area contributed by atoms with Gasteiger partial charge in [-0.05, 0) is 42.3 Å². The van der Waals surface area contributed by atoms with Crippen molar-refractivity contribution in [2.75, 3.05) is 19.0 Å². The molecule has 0 bridgehead atoms. The predicted molar refractivity (Wildman–Crippen MR) is 77.6 cm³/mol. The van der Waals surface area contributed by atoms with Crippen molar-refractivity contribution in [3.05, 3.63) is 59.4 Å². The highest BCUT2D eigenvalue weighted by molar-refractivity contribution is 5.45. The zero-order valence-corrected chi connectivity index (χ0v) is 11.6. The number of aliphatic hydroxyl groups is 1. The van der Waals surface area contributed by atoms with Crippen molar-refractivity contribution in [3.8, 4) is 5.75 Å². The zero-order chi connectivity index (χ0) is 14.5. The van der Waals surface area contributed by atoms with Gasteiger partial charge in [-0.1, -0.05) is 18.2 Å². The molecule has 0 radical (unpaired) electrons. The number of aliphatic hydroxyl groups excluding tert-OH is 1. The molecule has 0 heterocycles. The van der Waals surface area contributed by atoms with Gasteiger partial charge in [0, 0.05) is 12.2 Å². The Kier molecular flexibility index (Phi) is 4.58. The minimum Gasteiger partial charge on any atom is -0.497 e. The molecule has 0 fully saturated rings. The maximum Gasteiger partial charge on any atom is 0.128 e. The van der Waals surface area contributed by atoms with Gasteiger partial charge in [0.15, 0.2) is 0 Å². The molecule has 2 rings (SSSR count). The predicted octanol–water partition coefficient (Wildman–Crippen LogP) is 3.29. The van der Waals surface area contributed by atoms with Gasteiger partial charge in [0.05, 0.1) is 13.2 Å². The van der Waals surface area contributed by atoms with E-state index < -0.39 is 6.10 Å². The van der Waals surface area contributed by atoms with Crippen molar-refractivity contribution in [2.24, 2.45) is 0 Å². The van der Waals surface area contributed by atoms with E-state index in [2.05, 4.69) is 5.32 Å². The van der Waals surface area contributed by atoms with Crippen LogP contribution < -0.4 is 10.1 Å². The highest BCUT2D eigenvalue weighted by Crippen LogP contribution is 2.20. The average Bonchev–Trinajstić information content (AvgIpc) is 2.48. The molecule has 20 heavy (non-hydrogen) atoms. The maximum atomic E-state index is 13.4. The first-order valence-electron chi connectivity index (χ1n) is 6.42. The summed E-state index contributed by atoms with van der Waals surface area (Å²) in [5, 5.41) is 13.1. The molecule has 0 aliphatic carbocycles. The Bertz CT molecular complexity index is 586. The Morgan fingerprint density at radius 2 is 2.05 bits per heavy atom. The van der Waals surface area contributed by atoms with Gasteiger partial charge in [-0.15, -0.1) is 0 Å². The molecule has 0 aliphatic heterocycles. The number of ether oxygens (including phenoxy) is 1. The number of anilines is 1. The van der Waals surface area contributed by atoms with Gasteiger partial charge in [-0.2, -0.15) is 0 Å². The summed E-state index contributed by atoms with van der Waals surface area (Å²) in [6.45, 7) is 2.01. The standard InChI is InChI=1S/C16H18FNO2/c1-11-6-7-13(9-15(11)17)18-10-16(19)12-4-3-5-14(8-12)20-2/h3-9,16,18-19H,10H2,1-2H3. The highest BCUT2D eigenvalue weighted by Gasteiger charge is 2.08. The molecule has 106 valence electrons. The van der Waals surface area contributed by atoms with Crippen LogP contribution in [0.4, 0.5) is 10.1 Å². The minimum atomic E-state index is -0.686. The third-order valence-corrected chi connectivity index (χ3v) is 3.15. The van der Waals surface area contributed by atoms with Gasteiger partial charge in [0.25, 0.3) is 0 Å². The van der Waals surface area contributed by atoms with Gasteiger partial charge < -0.3 is 15.2 Å². The number of benzene rings is 2. The summed E-state index contributed by atoms with van der Waals surface area (Å²) in [6, 6.07) is 12.2. The van der Waals surface area contributed by atoms with Crippen LogP contribution in [0.3, 0.4) is 0 Å². The SMILES string of the molecule is COc1cccc(C(O)CNc2ccc(C)c(F)c2)c1. The first-order valence-corrected chi connectivity index (χ1v) is 6.42. The van der Waals surface area contributed by atoms with Crippen molar-refractivity contribution >= 4 is 5.69 Å². The van der Waals surface area contributed by atoms with Gasteiger partial charge >= 0.3 is 0 Å². The van der Waals surface area contributed by atoms with Gasteiger partial charge in [0.1, 0.15) is 11.6 Å². The molecule has 0 amide bonds. The second kappa shape index (κ2) is 6.39. The lowest BCUT2D eigenvalue weighted by Gasteiger charge is -2.14. The molecule has 2 N–H and O–H groups in total. The molecule has 2 aromatic carbocycles. The Balaban J connectivity index is 2.00. The number of rotatable bonds is 5. The molecule has 4 heteroatoms. The molecule has 3 nitrogen and oxygen atoms in total. The van der Waals surface area contributed by atoms with E-state index in [1.165, 1.54) is 6.07 Å². The molecule has 1 atom stereocenters. The van der Waals surface area contributed by atoms with Crippen molar-refractivity contribution in [1.82, 2.24) is 0 Å². The molecule has 0 aliphatic rings. The molecule has 0 saturated carbocycles. The molecule has 0 saturated heterocycles. The fourth-order valence-corrected chi connectivity index (χ4v) is 1.88. The summed E-state index contributed by atoms with van der Waals surface area (Å²) in [7, 11) is 1.58. The lowest BCUT2D eigenvalue weighted by atomic mass is 10.1. The van der Waals surface area contributed by atoms with Crippen molar-refractivity contribution in [3.63, 3.8) is 0 Å². The van der Waals surface area contributed by atoms with Crippen molar-refractivity contribution in [2.45, 2.75) is 13.0 Å². The second-order valence-corrected chi connectivity index (χ2v) is 4.64. The summed E-state index contributed by atoms with van der Waals surface area (Å²) >= 11 is 0. The van der Waals surface area contributed by atoms with E-state index in [0.29, 0.717) is 23.5 Å². The maximum absolute atomic E-state index is 13.4. The summed E-state index contributed by atoms with van der Waals surface area (Å²) in [5.41, 5.74) is 2.00. The number of hydrogen-bond acceptors (Lipinski definition) is 3. The number of nitrogens with one attached hydrogen (secondary N) is 1. The van der Waals surface area contributed by atoms with Crippen molar-refractivity contribution in [1.29, 1.82) is 0 Å². The Labute approximate surface area is 118 Å². The van der Waals surface area contributed by atoms with Gasteiger partial charge in [0.2, 0.25) is 0 Å². The largest absolute Gasteiger partial charge is 0.497 e. The van der Waals surface area contributed by atoms with E-state index in [0.717, 1.165) is 5.56 Å². The minimum absolute atomic E-state index is 0.258. The highest BCUT2D eigenvalue weighted by atomic mass is 19.1. The van der Waals surface area contributed by atoms with Crippen LogP contribution in [0.1, 0.15) is 17.2 Å². The molecular formula is C16H18FNO2. The molecular weight excluding hydrogens is 257 g/mol. The number of methoxy groups -OCH3 is 1. The van der Waals surface area contributed by atoms with Crippen LogP contribution >= 0.6 is 0 Å². The zero-order valence-electron chi connectivity index (χ0n) is 11.6. The lowest BCUT2D eigenvalue weighted by molar-refractivity contribution is 0.191.